The zero-order valence-corrected chi connectivity index (χ0v) is 7.24. The molecule has 0 aromatic carbocycles. The van der Waals surface area contributed by atoms with E-state index in [-0.39, 0.29) is 0 Å². The largest absolute Gasteiger partial charge is 0.391 e. The standard InChI is InChI=1S/C8H15NO4/c10-4-1-2-9-3-5(11)7(12)8(13)6(4)9/h4-8,10-13H,1-3H2/t4-,5?,6+,7+,8?/m0/s1. The Morgan fingerprint density at radius 1 is 0.923 bits per heavy atom. The van der Waals surface area contributed by atoms with Crippen molar-refractivity contribution in [3.8, 4) is 0 Å². The average Bonchev–Trinajstić information content (AvgIpc) is 2.43. The zero-order chi connectivity index (χ0) is 9.59. The maximum atomic E-state index is 9.58. The van der Waals surface area contributed by atoms with Crippen molar-refractivity contribution in [2.24, 2.45) is 0 Å². The third-order valence-electron chi connectivity index (χ3n) is 3.04. The van der Waals surface area contributed by atoms with Gasteiger partial charge in [0.1, 0.15) is 12.2 Å². The summed E-state index contributed by atoms with van der Waals surface area (Å²) < 4.78 is 0. The van der Waals surface area contributed by atoms with E-state index in [1.165, 1.54) is 0 Å². The number of piperidine rings is 1. The summed E-state index contributed by atoms with van der Waals surface area (Å²) in [5.41, 5.74) is 0. The molecule has 4 N–H and O–H groups in total. The molecule has 13 heavy (non-hydrogen) atoms. The highest BCUT2D eigenvalue weighted by Crippen LogP contribution is 2.27. The van der Waals surface area contributed by atoms with E-state index in [1.807, 2.05) is 4.90 Å². The molecule has 2 rings (SSSR count). The Morgan fingerprint density at radius 3 is 2.31 bits per heavy atom. The highest BCUT2D eigenvalue weighted by molar-refractivity contribution is 5.01. The van der Waals surface area contributed by atoms with Crippen LogP contribution in [0, 0.1) is 0 Å². The van der Waals surface area contributed by atoms with Gasteiger partial charge in [0.2, 0.25) is 0 Å². The number of nitrogens with zero attached hydrogens (tertiary/aromatic N) is 1. The van der Waals surface area contributed by atoms with Crippen molar-refractivity contribution in [3.63, 3.8) is 0 Å². The van der Waals surface area contributed by atoms with Gasteiger partial charge in [-0.15, -0.1) is 0 Å². The van der Waals surface area contributed by atoms with Crippen molar-refractivity contribution < 1.29 is 20.4 Å². The smallest absolute Gasteiger partial charge is 0.109 e. The zero-order valence-electron chi connectivity index (χ0n) is 7.24. The minimum Gasteiger partial charge on any atom is -0.391 e. The summed E-state index contributed by atoms with van der Waals surface area (Å²) in [4.78, 5) is 1.83. The molecule has 2 unspecified atom stereocenters. The van der Waals surface area contributed by atoms with Crippen LogP contribution in [-0.4, -0.2) is 68.9 Å². The van der Waals surface area contributed by atoms with Crippen molar-refractivity contribution in [1.82, 2.24) is 4.90 Å². The third kappa shape index (κ3) is 1.37. The molecule has 5 nitrogen and oxygen atoms in total. The second-order valence-electron chi connectivity index (χ2n) is 3.89. The molecule has 0 aliphatic carbocycles. The molecule has 0 saturated carbocycles. The van der Waals surface area contributed by atoms with Gasteiger partial charge in [-0.25, -0.2) is 0 Å². The Bertz CT molecular complexity index is 201. The van der Waals surface area contributed by atoms with Crippen molar-refractivity contribution >= 4 is 0 Å². The minimum absolute atomic E-state index is 0.333. The van der Waals surface area contributed by atoms with Crippen molar-refractivity contribution in [1.29, 1.82) is 0 Å². The van der Waals surface area contributed by atoms with E-state index in [4.69, 9.17) is 0 Å². The number of rotatable bonds is 0. The predicted octanol–water partition coefficient (Wildman–Crippen LogP) is -2.48. The Balaban J connectivity index is 2.15. The molecule has 5 heteroatoms. The van der Waals surface area contributed by atoms with Crippen LogP contribution in [0.3, 0.4) is 0 Å². The van der Waals surface area contributed by atoms with E-state index >= 15 is 0 Å². The number of aliphatic hydroxyl groups excluding tert-OH is 4. The van der Waals surface area contributed by atoms with Gasteiger partial charge in [-0.05, 0) is 6.42 Å². The van der Waals surface area contributed by atoms with Crippen molar-refractivity contribution in [3.05, 3.63) is 0 Å². The van der Waals surface area contributed by atoms with Crippen LogP contribution in [0.1, 0.15) is 6.42 Å². The van der Waals surface area contributed by atoms with Crippen LogP contribution >= 0.6 is 0 Å². The molecule has 0 bridgehead atoms. The molecule has 76 valence electrons. The minimum atomic E-state index is -1.13. The molecule has 0 radical (unpaired) electrons. The van der Waals surface area contributed by atoms with Crippen LogP contribution in [0.25, 0.3) is 0 Å². The average molecular weight is 189 g/mol. The predicted molar refractivity (Wildman–Crippen MR) is 44.0 cm³/mol. The molecule has 2 saturated heterocycles. The van der Waals surface area contributed by atoms with Gasteiger partial charge < -0.3 is 20.4 Å². The van der Waals surface area contributed by atoms with Gasteiger partial charge in [-0.1, -0.05) is 0 Å². The fourth-order valence-electron chi connectivity index (χ4n) is 2.30. The summed E-state index contributed by atoms with van der Waals surface area (Å²) >= 11 is 0. The molecule has 2 heterocycles. The van der Waals surface area contributed by atoms with Crippen LogP contribution in [0.4, 0.5) is 0 Å². The van der Waals surface area contributed by atoms with Gasteiger partial charge >= 0.3 is 0 Å². The summed E-state index contributed by atoms with van der Waals surface area (Å²) in [5, 5.41) is 37.8. The Hall–Kier alpha value is -0.200. The van der Waals surface area contributed by atoms with Crippen LogP contribution < -0.4 is 0 Å². The first-order chi connectivity index (χ1) is 6.11. The number of aliphatic hydroxyl groups is 4. The summed E-state index contributed by atoms with van der Waals surface area (Å²) in [6.45, 7) is 1.01. The van der Waals surface area contributed by atoms with Gasteiger partial charge in [0.15, 0.2) is 0 Å². The van der Waals surface area contributed by atoms with Crippen LogP contribution in [-0.2, 0) is 0 Å². The van der Waals surface area contributed by atoms with Gasteiger partial charge in [-0.2, -0.15) is 0 Å². The summed E-state index contributed by atoms with van der Waals surface area (Å²) in [5.74, 6) is 0. The monoisotopic (exact) mass is 189 g/mol. The highest BCUT2D eigenvalue weighted by atomic mass is 16.4. The maximum absolute atomic E-state index is 9.58. The van der Waals surface area contributed by atoms with E-state index in [9.17, 15) is 20.4 Å². The first kappa shape index (κ1) is 9.36. The summed E-state index contributed by atoms with van der Waals surface area (Å²) in [6, 6.07) is -0.404. The number of fused-ring (bicyclic) bond motifs is 1. The first-order valence-electron chi connectivity index (χ1n) is 4.57. The lowest BCUT2D eigenvalue weighted by Crippen LogP contribution is -2.61. The molecule has 0 aromatic rings. The van der Waals surface area contributed by atoms with Crippen LogP contribution in [0.5, 0.6) is 0 Å². The van der Waals surface area contributed by atoms with Crippen molar-refractivity contribution in [2.75, 3.05) is 13.1 Å². The van der Waals surface area contributed by atoms with Gasteiger partial charge in [0.25, 0.3) is 0 Å². The molecule has 0 amide bonds. The van der Waals surface area contributed by atoms with Crippen molar-refractivity contribution in [2.45, 2.75) is 36.9 Å². The Morgan fingerprint density at radius 2 is 1.62 bits per heavy atom. The van der Waals surface area contributed by atoms with Crippen LogP contribution in [0.15, 0.2) is 0 Å². The van der Waals surface area contributed by atoms with E-state index < -0.39 is 30.5 Å². The summed E-state index contributed by atoms with van der Waals surface area (Å²) in [6.07, 6.45) is -3.06. The first-order valence-corrected chi connectivity index (χ1v) is 4.57. The second-order valence-corrected chi connectivity index (χ2v) is 3.89. The second kappa shape index (κ2) is 3.18. The Labute approximate surface area is 76.2 Å². The normalized spacial score (nSPS) is 52.2. The molecule has 5 atom stereocenters. The third-order valence-corrected chi connectivity index (χ3v) is 3.04. The summed E-state index contributed by atoms with van der Waals surface area (Å²) in [7, 11) is 0. The molecule has 2 fully saturated rings. The number of hydrogen-bond acceptors (Lipinski definition) is 5. The van der Waals surface area contributed by atoms with E-state index in [0.29, 0.717) is 19.5 Å². The van der Waals surface area contributed by atoms with E-state index in [2.05, 4.69) is 0 Å². The maximum Gasteiger partial charge on any atom is 0.109 e. The molecule has 2 aliphatic heterocycles. The topological polar surface area (TPSA) is 84.2 Å². The lowest BCUT2D eigenvalue weighted by Gasteiger charge is -2.40. The highest BCUT2D eigenvalue weighted by Gasteiger charge is 2.47. The van der Waals surface area contributed by atoms with Gasteiger partial charge in [0.05, 0.1) is 18.2 Å². The van der Waals surface area contributed by atoms with Gasteiger partial charge in [-0.3, -0.25) is 4.90 Å². The quantitative estimate of drug-likeness (QED) is 0.339. The Kier molecular flexibility index (Phi) is 2.29. The molecule has 2 aliphatic rings. The van der Waals surface area contributed by atoms with E-state index in [0.717, 1.165) is 0 Å². The molecule has 0 spiro atoms. The van der Waals surface area contributed by atoms with Crippen LogP contribution in [0.2, 0.25) is 0 Å². The van der Waals surface area contributed by atoms with Gasteiger partial charge in [0, 0.05) is 13.1 Å². The lowest BCUT2D eigenvalue weighted by molar-refractivity contribution is -0.140. The molecular formula is C8H15NO4. The fourth-order valence-corrected chi connectivity index (χ4v) is 2.30. The molecular weight excluding hydrogens is 174 g/mol. The lowest BCUT2D eigenvalue weighted by atomic mass is 9.93. The SMILES string of the molecule is OC1CN2CC[C@H](O)[C@@H]2C(O)[C@@H]1O. The fraction of sp³-hybridized carbons (Fsp3) is 1.00. The molecule has 0 aromatic heterocycles. The van der Waals surface area contributed by atoms with E-state index in [1.54, 1.807) is 0 Å². The number of hydrogen-bond donors (Lipinski definition) is 4.